The second-order valence-corrected chi connectivity index (χ2v) is 10.8. The number of ether oxygens (including phenoxy) is 2. The highest BCUT2D eigenvalue weighted by atomic mass is 35.5. The zero-order chi connectivity index (χ0) is 27.0. The van der Waals surface area contributed by atoms with Crippen LogP contribution in [0, 0.1) is 5.41 Å². The molecule has 4 aliphatic rings. The molecule has 1 fully saturated rings. The summed E-state index contributed by atoms with van der Waals surface area (Å²) in [5.74, 6) is 0.651. The molecule has 39 heavy (non-hydrogen) atoms. The number of benzene rings is 2. The van der Waals surface area contributed by atoms with Gasteiger partial charge in [-0.25, -0.2) is 0 Å². The molecule has 1 saturated heterocycles. The average Bonchev–Trinajstić information content (AvgIpc) is 3.61. The van der Waals surface area contributed by atoms with Crippen molar-refractivity contribution in [1.82, 2.24) is 20.1 Å². The molecule has 7 rings (SSSR count). The lowest BCUT2D eigenvalue weighted by atomic mass is 9.73. The first-order valence-electron chi connectivity index (χ1n) is 13.1. The monoisotopic (exact) mass is 548 g/mol. The van der Waals surface area contributed by atoms with Gasteiger partial charge in [-0.05, 0) is 36.8 Å². The molecule has 2 aromatic carbocycles. The van der Waals surface area contributed by atoms with E-state index in [0.717, 1.165) is 5.56 Å². The summed E-state index contributed by atoms with van der Waals surface area (Å²) in [6.07, 6.45) is 3.85. The van der Waals surface area contributed by atoms with E-state index in [-0.39, 0.29) is 30.2 Å². The molecule has 0 aliphatic carbocycles. The minimum atomic E-state index is -0.547. The molecule has 3 amide bonds. The highest BCUT2D eigenvalue weighted by molar-refractivity contribution is 6.31. The number of aromatic amines is 1. The van der Waals surface area contributed by atoms with Gasteiger partial charge in [0.15, 0.2) is 11.5 Å². The predicted molar refractivity (Wildman–Crippen MR) is 144 cm³/mol. The Morgan fingerprint density at radius 3 is 2.69 bits per heavy atom. The van der Waals surface area contributed by atoms with E-state index in [4.69, 9.17) is 21.1 Å². The number of likely N-dealkylation sites (tertiary alicyclic amines) is 1. The minimum Gasteiger partial charge on any atom is -0.490 e. The Kier molecular flexibility index (Phi) is 6.68. The smallest absolute Gasteiger partial charge is 0.255 e. The van der Waals surface area contributed by atoms with Gasteiger partial charge in [0.05, 0.1) is 25.3 Å². The van der Waals surface area contributed by atoms with Crippen LogP contribution < -0.4 is 14.8 Å². The fraction of sp³-hybridized carbons (Fsp3) is 0.345. The Morgan fingerprint density at radius 2 is 1.87 bits per heavy atom. The first kappa shape index (κ1) is 25.3. The van der Waals surface area contributed by atoms with E-state index < -0.39 is 5.41 Å². The lowest BCUT2D eigenvalue weighted by Gasteiger charge is -2.40. The summed E-state index contributed by atoms with van der Waals surface area (Å²) in [6, 6.07) is 14.4. The van der Waals surface area contributed by atoms with Crippen molar-refractivity contribution in [3.05, 3.63) is 82.6 Å². The Labute approximate surface area is 231 Å². The van der Waals surface area contributed by atoms with Crippen molar-refractivity contribution in [2.24, 2.45) is 5.41 Å². The van der Waals surface area contributed by atoms with E-state index in [1.807, 2.05) is 23.1 Å². The zero-order valence-electron chi connectivity index (χ0n) is 21.3. The van der Waals surface area contributed by atoms with Crippen LogP contribution in [-0.4, -0.2) is 78.4 Å². The number of H-pyrrole nitrogens is 1. The fourth-order valence-corrected chi connectivity index (χ4v) is 6.05. The van der Waals surface area contributed by atoms with Gasteiger partial charge in [-0.15, -0.1) is 0 Å². The van der Waals surface area contributed by atoms with Gasteiger partial charge in [-0.3, -0.25) is 14.4 Å². The SMILES string of the molecule is O=C1CN(C(=O)c2cc[nH]c2)CCCOc2cccc3c2OC[C@@]2(CN1)CN(C(=O)c1cccc(Cl)c1)C[C@@H]32. The number of carbonyl (C=O) groups is 3. The van der Waals surface area contributed by atoms with E-state index >= 15 is 0 Å². The molecule has 2 N–H and O–H groups in total. The molecular formula is C29H29ClN4O5. The van der Waals surface area contributed by atoms with Crippen LogP contribution in [0.1, 0.15) is 38.6 Å². The molecule has 4 aliphatic heterocycles. The van der Waals surface area contributed by atoms with Crippen LogP contribution in [0.2, 0.25) is 5.02 Å². The fourth-order valence-electron chi connectivity index (χ4n) is 5.86. The number of hydrogen-bond acceptors (Lipinski definition) is 5. The quantitative estimate of drug-likeness (QED) is 0.511. The molecule has 0 saturated carbocycles. The molecule has 9 nitrogen and oxygen atoms in total. The van der Waals surface area contributed by atoms with Crippen molar-refractivity contribution >= 4 is 29.3 Å². The van der Waals surface area contributed by atoms with Crippen LogP contribution in [0.4, 0.5) is 0 Å². The Balaban J connectivity index is 1.31. The number of hydrogen-bond donors (Lipinski definition) is 2. The number of fused-ring (bicyclic) bond motifs is 9. The molecule has 202 valence electrons. The van der Waals surface area contributed by atoms with E-state index in [2.05, 4.69) is 10.3 Å². The van der Waals surface area contributed by atoms with E-state index in [0.29, 0.717) is 73.5 Å². The lowest BCUT2D eigenvalue weighted by molar-refractivity contribution is -0.122. The van der Waals surface area contributed by atoms with Gasteiger partial charge in [0, 0.05) is 66.1 Å². The summed E-state index contributed by atoms with van der Waals surface area (Å²) in [7, 11) is 0. The van der Waals surface area contributed by atoms with Gasteiger partial charge >= 0.3 is 0 Å². The van der Waals surface area contributed by atoms with Crippen LogP contribution in [-0.2, 0) is 4.79 Å². The first-order valence-corrected chi connectivity index (χ1v) is 13.4. The second-order valence-electron chi connectivity index (χ2n) is 10.4. The number of halogens is 1. The van der Waals surface area contributed by atoms with Crippen molar-refractivity contribution < 1.29 is 23.9 Å². The van der Waals surface area contributed by atoms with Crippen molar-refractivity contribution in [3.63, 3.8) is 0 Å². The third-order valence-electron chi connectivity index (χ3n) is 7.83. The Bertz CT molecular complexity index is 1410. The summed E-state index contributed by atoms with van der Waals surface area (Å²) >= 11 is 6.16. The molecule has 1 spiro atoms. The summed E-state index contributed by atoms with van der Waals surface area (Å²) in [4.78, 5) is 46.0. The Hall–Kier alpha value is -3.98. The third-order valence-corrected chi connectivity index (χ3v) is 8.06. The number of rotatable bonds is 2. The molecule has 0 radical (unpaired) electrons. The number of carbonyl (C=O) groups excluding carboxylic acids is 3. The molecule has 10 heteroatoms. The number of para-hydroxylation sites is 1. The summed E-state index contributed by atoms with van der Waals surface area (Å²) in [6.45, 7) is 2.13. The lowest BCUT2D eigenvalue weighted by Crippen LogP contribution is -2.50. The van der Waals surface area contributed by atoms with E-state index in [9.17, 15) is 14.4 Å². The molecule has 0 unspecified atom stereocenters. The molecule has 4 bridgehead atoms. The van der Waals surface area contributed by atoms with Gasteiger partial charge in [-0.1, -0.05) is 29.8 Å². The molecule has 5 heterocycles. The highest BCUT2D eigenvalue weighted by Crippen LogP contribution is 2.52. The van der Waals surface area contributed by atoms with Crippen LogP contribution >= 0.6 is 11.6 Å². The molecular weight excluding hydrogens is 520 g/mol. The molecule has 3 aromatic rings. The summed E-state index contributed by atoms with van der Waals surface area (Å²) in [5.41, 5.74) is 1.44. The van der Waals surface area contributed by atoms with Crippen molar-refractivity contribution in [3.8, 4) is 11.5 Å². The van der Waals surface area contributed by atoms with Gasteiger partial charge in [-0.2, -0.15) is 0 Å². The number of aromatic nitrogens is 1. The van der Waals surface area contributed by atoms with Crippen molar-refractivity contribution in [1.29, 1.82) is 0 Å². The number of nitrogens with zero attached hydrogens (tertiary/aromatic N) is 2. The van der Waals surface area contributed by atoms with Gasteiger partial charge in [0.25, 0.3) is 11.8 Å². The minimum absolute atomic E-state index is 0.0752. The van der Waals surface area contributed by atoms with E-state index in [1.165, 1.54) is 0 Å². The van der Waals surface area contributed by atoms with Crippen LogP contribution in [0.25, 0.3) is 0 Å². The second kappa shape index (κ2) is 10.3. The highest BCUT2D eigenvalue weighted by Gasteiger charge is 2.53. The maximum Gasteiger partial charge on any atom is 0.255 e. The van der Waals surface area contributed by atoms with Crippen molar-refractivity contribution in [2.45, 2.75) is 12.3 Å². The van der Waals surface area contributed by atoms with Crippen LogP contribution in [0.5, 0.6) is 11.5 Å². The summed E-state index contributed by atoms with van der Waals surface area (Å²) < 4.78 is 12.4. The van der Waals surface area contributed by atoms with Gasteiger partial charge < -0.3 is 29.6 Å². The largest absolute Gasteiger partial charge is 0.490 e. The Morgan fingerprint density at radius 1 is 1.03 bits per heavy atom. The van der Waals surface area contributed by atoms with E-state index in [1.54, 1.807) is 47.6 Å². The van der Waals surface area contributed by atoms with Gasteiger partial charge in [0.1, 0.15) is 0 Å². The molecule has 2 atom stereocenters. The normalized spacial score (nSPS) is 22.8. The van der Waals surface area contributed by atoms with Crippen LogP contribution in [0.3, 0.4) is 0 Å². The number of nitrogens with one attached hydrogen (secondary N) is 2. The zero-order valence-corrected chi connectivity index (χ0v) is 22.1. The topological polar surface area (TPSA) is 104 Å². The average molecular weight is 549 g/mol. The maximum atomic E-state index is 13.5. The van der Waals surface area contributed by atoms with Gasteiger partial charge in [0.2, 0.25) is 5.91 Å². The predicted octanol–water partition coefficient (Wildman–Crippen LogP) is 3.33. The van der Waals surface area contributed by atoms with Crippen molar-refractivity contribution in [2.75, 3.05) is 45.9 Å². The number of amides is 3. The standard InChI is InChI=1S/C29H29ClN4O5/c30-21-5-1-4-19(12-21)27(36)34-14-23-22-6-2-7-24-26(22)39-18-29(23,17-34)16-32-25(35)15-33(10-3-11-38-24)28(37)20-8-9-31-13-20/h1-2,4-9,12-13,23,31H,3,10-11,14-18H2,(H,32,35)/t23-,29+/m0/s1. The summed E-state index contributed by atoms with van der Waals surface area (Å²) in [5, 5.41) is 3.56. The third kappa shape index (κ3) is 4.83. The van der Waals surface area contributed by atoms with Crippen LogP contribution in [0.15, 0.2) is 60.9 Å². The maximum absolute atomic E-state index is 13.5. The molecule has 1 aromatic heterocycles. The first-order chi connectivity index (χ1) is 18.9.